The van der Waals surface area contributed by atoms with E-state index >= 15 is 0 Å². The number of hydrogen-bond donors (Lipinski definition) is 4. The Hall–Kier alpha value is -5.38. The van der Waals surface area contributed by atoms with Gasteiger partial charge in [0.1, 0.15) is 0 Å². The largest absolute Gasteiger partial charge is 0.478 e. The van der Waals surface area contributed by atoms with Crippen LogP contribution in [0.25, 0.3) is 11.1 Å². The van der Waals surface area contributed by atoms with Crippen LogP contribution >= 0.6 is 0 Å². The van der Waals surface area contributed by atoms with Crippen molar-refractivity contribution in [2.24, 2.45) is 0 Å². The van der Waals surface area contributed by atoms with Gasteiger partial charge in [-0.2, -0.15) is 0 Å². The molecule has 4 rings (SSSR count). The third kappa shape index (κ3) is 8.56. The quantitative estimate of drug-likeness (QED) is 0.279. The molecule has 0 spiro atoms. The molecule has 2 aliphatic carbocycles. The molecule has 0 radical (unpaired) electrons. The van der Waals surface area contributed by atoms with Crippen molar-refractivity contribution in [3.8, 4) is 11.1 Å². The molecule has 0 fully saturated rings. The molecule has 0 heterocycles. The van der Waals surface area contributed by atoms with E-state index in [-0.39, 0.29) is 46.7 Å². The number of rotatable bonds is 10. The number of carboxylic acids is 4. The molecule has 2 aromatic rings. The van der Waals surface area contributed by atoms with Gasteiger partial charge in [-0.15, -0.1) is 0 Å². The lowest BCUT2D eigenvalue weighted by molar-refractivity contribution is -0.133. The molecular formula is C32H28O10. The molecule has 0 amide bonds. The zero-order chi connectivity index (χ0) is 30.8. The summed E-state index contributed by atoms with van der Waals surface area (Å²) in [6.07, 6.45) is 7.85. The molecule has 4 N–H and O–H groups in total. The van der Waals surface area contributed by atoms with E-state index in [2.05, 4.69) is 0 Å². The van der Waals surface area contributed by atoms with Crippen LogP contribution < -0.4 is 0 Å². The van der Waals surface area contributed by atoms with Crippen LogP contribution in [0.4, 0.5) is 0 Å². The van der Waals surface area contributed by atoms with Crippen LogP contribution in [0.3, 0.4) is 0 Å². The fraction of sp³-hybridized carbons (Fsp3) is 0.188. The van der Waals surface area contributed by atoms with Gasteiger partial charge < -0.3 is 20.4 Å². The average molecular weight is 573 g/mol. The highest BCUT2D eigenvalue weighted by molar-refractivity contribution is 6.02. The molecule has 10 heteroatoms. The van der Waals surface area contributed by atoms with Gasteiger partial charge in [-0.3, -0.25) is 9.59 Å². The number of unbranched alkanes of at least 4 members (excludes halogenated alkanes) is 1. The van der Waals surface area contributed by atoms with E-state index in [9.17, 15) is 28.8 Å². The first-order chi connectivity index (χ1) is 20.0. The smallest absolute Gasteiger partial charge is 0.335 e. The molecule has 0 saturated heterocycles. The first-order valence-electron chi connectivity index (χ1n) is 13.0. The summed E-state index contributed by atoms with van der Waals surface area (Å²) >= 11 is 0. The molecule has 0 unspecified atom stereocenters. The van der Waals surface area contributed by atoms with Crippen molar-refractivity contribution in [3.05, 3.63) is 106 Å². The summed E-state index contributed by atoms with van der Waals surface area (Å²) in [6, 6.07) is 12.8. The minimum absolute atomic E-state index is 0.104. The lowest BCUT2D eigenvalue weighted by Gasteiger charge is -2.14. The second-order valence-corrected chi connectivity index (χ2v) is 9.50. The van der Waals surface area contributed by atoms with Crippen molar-refractivity contribution in [3.63, 3.8) is 0 Å². The fourth-order valence-corrected chi connectivity index (χ4v) is 4.43. The number of carboxylic acid groups (broad SMARTS) is 4. The highest BCUT2D eigenvalue weighted by Crippen LogP contribution is 2.26. The lowest BCUT2D eigenvalue weighted by Crippen LogP contribution is -2.12. The predicted octanol–water partition coefficient (Wildman–Crippen LogP) is 5.12. The van der Waals surface area contributed by atoms with Crippen molar-refractivity contribution in [2.45, 2.75) is 38.5 Å². The number of aromatic carboxylic acids is 2. The minimum Gasteiger partial charge on any atom is -0.478 e. The van der Waals surface area contributed by atoms with Crippen LogP contribution in [0.5, 0.6) is 0 Å². The van der Waals surface area contributed by atoms with Crippen LogP contribution in [0.1, 0.15) is 59.2 Å². The summed E-state index contributed by atoms with van der Waals surface area (Å²) in [4.78, 5) is 66.6. The van der Waals surface area contributed by atoms with Crippen molar-refractivity contribution >= 4 is 35.4 Å². The third-order valence-corrected chi connectivity index (χ3v) is 6.58. The van der Waals surface area contributed by atoms with E-state index in [1.165, 1.54) is 48.6 Å². The maximum absolute atomic E-state index is 11.4. The molecule has 0 aromatic heterocycles. The van der Waals surface area contributed by atoms with E-state index < -0.39 is 23.9 Å². The second-order valence-electron chi connectivity index (χ2n) is 9.50. The molecule has 0 bridgehead atoms. The first kappa shape index (κ1) is 31.2. The van der Waals surface area contributed by atoms with Crippen LogP contribution in [-0.2, 0) is 19.2 Å². The van der Waals surface area contributed by atoms with E-state index in [1.807, 2.05) is 0 Å². The van der Waals surface area contributed by atoms with E-state index in [1.54, 1.807) is 24.3 Å². The number of carbonyl (C=O) groups is 6. The predicted molar refractivity (Wildman–Crippen MR) is 151 cm³/mol. The van der Waals surface area contributed by atoms with E-state index in [0.717, 1.165) is 11.1 Å². The van der Waals surface area contributed by atoms with Crippen molar-refractivity contribution in [1.82, 2.24) is 0 Å². The zero-order valence-corrected chi connectivity index (χ0v) is 22.4. The second kappa shape index (κ2) is 14.3. The molecule has 2 aliphatic rings. The van der Waals surface area contributed by atoms with Crippen LogP contribution in [-0.4, -0.2) is 55.9 Å². The van der Waals surface area contributed by atoms with Crippen molar-refractivity contribution in [1.29, 1.82) is 0 Å². The number of benzene rings is 2. The number of aliphatic carboxylic acids is 2. The van der Waals surface area contributed by atoms with Crippen LogP contribution in [0, 0.1) is 0 Å². The standard InChI is InChI=1S/C18H18O6.C14H10O4/c19-13-5-7-15(17(21)22)11(9-13)3-1-2-4-12-10-14(20)6-8-16(12)18(23)24;15-13(16)11-5-1-9(2-6-11)10-3-7-12(8-4-10)14(17)18/h7-10H,1-6H2,(H,21,22)(H,23,24);1-8H,(H,15,16)(H,17,18). The Morgan fingerprint density at radius 2 is 0.857 bits per heavy atom. The monoisotopic (exact) mass is 572 g/mol. The highest BCUT2D eigenvalue weighted by Gasteiger charge is 2.20. The Morgan fingerprint density at radius 1 is 0.524 bits per heavy atom. The van der Waals surface area contributed by atoms with Gasteiger partial charge >= 0.3 is 23.9 Å². The summed E-state index contributed by atoms with van der Waals surface area (Å²) in [5.41, 5.74) is 3.46. The van der Waals surface area contributed by atoms with Crippen molar-refractivity contribution < 1.29 is 49.2 Å². The SMILES string of the molecule is O=C(O)c1ccc(-c2ccc(C(=O)O)cc2)cc1.O=C1C=C(CCCCC2=CC(=O)CC=C2C(=O)O)C(C(=O)O)=CC1. The Kier molecular flexibility index (Phi) is 10.6. The molecule has 0 aliphatic heterocycles. The van der Waals surface area contributed by atoms with Crippen molar-refractivity contribution in [2.75, 3.05) is 0 Å². The first-order valence-corrected chi connectivity index (χ1v) is 13.0. The minimum atomic E-state index is -1.05. The summed E-state index contributed by atoms with van der Waals surface area (Å²) in [5, 5.41) is 35.8. The highest BCUT2D eigenvalue weighted by atomic mass is 16.4. The number of allylic oxidation sites excluding steroid dienone is 4. The van der Waals surface area contributed by atoms with Gasteiger partial charge in [0.15, 0.2) is 11.6 Å². The normalized spacial score (nSPS) is 14.4. The maximum Gasteiger partial charge on any atom is 0.335 e. The molecule has 10 nitrogen and oxygen atoms in total. The number of ketones is 2. The maximum atomic E-state index is 11.4. The van der Waals surface area contributed by atoms with Gasteiger partial charge in [0, 0.05) is 12.8 Å². The summed E-state index contributed by atoms with van der Waals surface area (Å²) < 4.78 is 0. The molecule has 0 saturated carbocycles. The molecule has 42 heavy (non-hydrogen) atoms. The van der Waals surface area contributed by atoms with Crippen LogP contribution in [0.2, 0.25) is 0 Å². The van der Waals surface area contributed by atoms with Gasteiger partial charge in [0.2, 0.25) is 0 Å². The molecule has 2 aromatic carbocycles. The average Bonchev–Trinajstić information content (AvgIpc) is 2.95. The Bertz CT molecular complexity index is 1420. The molecule has 216 valence electrons. The fourth-order valence-electron chi connectivity index (χ4n) is 4.43. The Labute approximate surface area is 240 Å². The lowest BCUT2D eigenvalue weighted by atomic mass is 9.90. The molecule has 0 atom stereocenters. The Balaban J connectivity index is 0.000000240. The summed E-state index contributed by atoms with van der Waals surface area (Å²) in [6.45, 7) is 0. The van der Waals surface area contributed by atoms with Gasteiger partial charge in [0.25, 0.3) is 0 Å². The summed E-state index contributed by atoms with van der Waals surface area (Å²) in [7, 11) is 0. The summed E-state index contributed by atoms with van der Waals surface area (Å²) in [5.74, 6) is -4.28. The van der Waals surface area contributed by atoms with Gasteiger partial charge in [-0.25, -0.2) is 19.2 Å². The number of carbonyl (C=O) groups excluding carboxylic acids is 2. The zero-order valence-electron chi connectivity index (χ0n) is 22.4. The van der Waals surface area contributed by atoms with Gasteiger partial charge in [-0.1, -0.05) is 36.4 Å². The van der Waals surface area contributed by atoms with Gasteiger partial charge in [-0.05, 0) is 84.4 Å². The van der Waals surface area contributed by atoms with E-state index in [4.69, 9.17) is 20.4 Å². The topological polar surface area (TPSA) is 183 Å². The van der Waals surface area contributed by atoms with Gasteiger partial charge in [0.05, 0.1) is 22.3 Å². The van der Waals surface area contributed by atoms with Crippen LogP contribution in [0.15, 0.2) is 95.1 Å². The third-order valence-electron chi connectivity index (χ3n) is 6.58. The molecular weight excluding hydrogens is 544 g/mol. The Morgan fingerprint density at radius 3 is 1.14 bits per heavy atom. The number of hydrogen-bond acceptors (Lipinski definition) is 6. The van der Waals surface area contributed by atoms with E-state index in [0.29, 0.717) is 36.8 Å².